The van der Waals surface area contributed by atoms with Crippen molar-refractivity contribution in [2.45, 2.75) is 32.7 Å². The van der Waals surface area contributed by atoms with Crippen molar-refractivity contribution in [1.82, 2.24) is 20.0 Å². The lowest BCUT2D eigenvalue weighted by atomic mass is 9.78. The Bertz CT molecular complexity index is 489. The zero-order valence-electron chi connectivity index (χ0n) is 11.6. The van der Waals surface area contributed by atoms with Crippen molar-refractivity contribution in [3.63, 3.8) is 0 Å². The van der Waals surface area contributed by atoms with E-state index in [1.54, 1.807) is 11.3 Å². The van der Waals surface area contributed by atoms with E-state index < -0.39 is 0 Å². The smallest absolute Gasteiger partial charge is 0.229 e. The summed E-state index contributed by atoms with van der Waals surface area (Å²) in [5, 5.41) is 10.3. The molecule has 6 heteroatoms. The highest BCUT2D eigenvalue weighted by Crippen LogP contribution is 2.40. The largest absolute Gasteiger partial charge is 0.345 e. The summed E-state index contributed by atoms with van der Waals surface area (Å²) < 4.78 is 0. The van der Waals surface area contributed by atoms with E-state index in [1.807, 2.05) is 18.9 Å². The quantitative estimate of drug-likeness (QED) is 0.819. The number of hydrogen-bond donors (Lipinski definition) is 0. The molecule has 1 aromatic heterocycles. The van der Waals surface area contributed by atoms with Gasteiger partial charge in [-0.3, -0.25) is 9.69 Å². The topological polar surface area (TPSA) is 49.3 Å². The van der Waals surface area contributed by atoms with E-state index >= 15 is 0 Å². The van der Waals surface area contributed by atoms with Gasteiger partial charge >= 0.3 is 0 Å². The highest BCUT2D eigenvalue weighted by Gasteiger charge is 2.47. The Kier molecular flexibility index (Phi) is 3.30. The van der Waals surface area contributed by atoms with Gasteiger partial charge in [0.2, 0.25) is 5.91 Å². The van der Waals surface area contributed by atoms with E-state index in [0.717, 1.165) is 55.5 Å². The highest BCUT2D eigenvalue weighted by molar-refractivity contribution is 7.11. The van der Waals surface area contributed by atoms with Crippen molar-refractivity contribution < 1.29 is 4.79 Å². The number of carbonyl (C=O) groups is 1. The molecule has 1 amide bonds. The number of hydrogen-bond acceptors (Lipinski definition) is 5. The van der Waals surface area contributed by atoms with Gasteiger partial charge in [-0.25, -0.2) is 0 Å². The SMILES string of the molecule is Cc1nnc(CN2CC[C@@]3(CCCN(C)C3=O)C2)s1. The minimum Gasteiger partial charge on any atom is -0.345 e. The molecule has 0 unspecified atom stereocenters. The summed E-state index contributed by atoms with van der Waals surface area (Å²) >= 11 is 1.65. The van der Waals surface area contributed by atoms with Crippen LogP contribution in [0.15, 0.2) is 0 Å². The van der Waals surface area contributed by atoms with Crippen LogP contribution < -0.4 is 0 Å². The van der Waals surface area contributed by atoms with Crippen molar-refractivity contribution in [3.8, 4) is 0 Å². The Balaban J connectivity index is 1.67. The second-order valence-corrected chi connectivity index (χ2v) is 7.05. The fourth-order valence-electron chi connectivity index (χ4n) is 3.33. The van der Waals surface area contributed by atoms with Crippen LogP contribution in [0, 0.1) is 12.3 Å². The van der Waals surface area contributed by atoms with Crippen LogP contribution in [0.1, 0.15) is 29.3 Å². The van der Waals surface area contributed by atoms with E-state index in [1.165, 1.54) is 0 Å². The normalized spacial score (nSPS) is 28.5. The number of aryl methyl sites for hydroxylation is 1. The lowest BCUT2D eigenvalue weighted by Crippen LogP contribution is -2.48. The summed E-state index contributed by atoms with van der Waals surface area (Å²) in [6, 6.07) is 0. The van der Waals surface area contributed by atoms with Gasteiger partial charge in [0.05, 0.1) is 12.0 Å². The molecule has 3 heterocycles. The number of piperidine rings is 1. The third-order valence-electron chi connectivity index (χ3n) is 4.31. The molecule has 0 aromatic carbocycles. The van der Waals surface area contributed by atoms with Gasteiger partial charge in [0.1, 0.15) is 10.0 Å². The molecule has 0 radical (unpaired) electrons. The van der Waals surface area contributed by atoms with Crippen molar-refractivity contribution in [3.05, 3.63) is 10.0 Å². The molecular formula is C13H20N4OS. The van der Waals surface area contributed by atoms with Gasteiger partial charge in [0.15, 0.2) is 0 Å². The van der Waals surface area contributed by atoms with E-state index in [4.69, 9.17) is 0 Å². The average molecular weight is 280 g/mol. The molecule has 2 aliphatic heterocycles. The number of aromatic nitrogens is 2. The molecule has 0 bridgehead atoms. The molecule has 3 rings (SSSR count). The number of amides is 1. The molecule has 19 heavy (non-hydrogen) atoms. The second-order valence-electron chi connectivity index (χ2n) is 5.79. The van der Waals surface area contributed by atoms with E-state index in [2.05, 4.69) is 15.1 Å². The molecule has 2 fully saturated rings. The summed E-state index contributed by atoms with van der Waals surface area (Å²) in [6.07, 6.45) is 3.17. The van der Waals surface area contributed by atoms with Gasteiger partial charge in [-0.2, -0.15) is 0 Å². The first kappa shape index (κ1) is 13.0. The Morgan fingerprint density at radius 3 is 2.89 bits per heavy atom. The molecule has 5 nitrogen and oxygen atoms in total. The van der Waals surface area contributed by atoms with Gasteiger partial charge < -0.3 is 4.90 Å². The molecule has 104 valence electrons. The first-order valence-electron chi connectivity index (χ1n) is 6.86. The third-order valence-corrected chi connectivity index (χ3v) is 5.13. The number of rotatable bonds is 2. The Morgan fingerprint density at radius 1 is 1.32 bits per heavy atom. The van der Waals surface area contributed by atoms with Gasteiger partial charge in [-0.05, 0) is 32.7 Å². The molecule has 0 aliphatic carbocycles. The lowest BCUT2D eigenvalue weighted by Gasteiger charge is -2.37. The van der Waals surface area contributed by atoms with Crippen LogP contribution in [-0.2, 0) is 11.3 Å². The third kappa shape index (κ3) is 2.39. The summed E-state index contributed by atoms with van der Waals surface area (Å²) in [4.78, 5) is 16.7. The maximum Gasteiger partial charge on any atom is 0.229 e. The number of nitrogens with zero attached hydrogens (tertiary/aromatic N) is 4. The van der Waals surface area contributed by atoms with Gasteiger partial charge in [0, 0.05) is 20.1 Å². The van der Waals surface area contributed by atoms with Crippen LogP contribution in [-0.4, -0.2) is 52.6 Å². The summed E-state index contributed by atoms with van der Waals surface area (Å²) in [5.41, 5.74) is -0.118. The molecule has 2 aliphatic rings. The van der Waals surface area contributed by atoms with E-state index in [9.17, 15) is 4.79 Å². The first-order chi connectivity index (χ1) is 9.09. The Hall–Kier alpha value is -1.01. The minimum atomic E-state index is -0.118. The van der Waals surface area contributed by atoms with Crippen LogP contribution in [0.2, 0.25) is 0 Å². The molecule has 0 saturated carbocycles. The zero-order valence-corrected chi connectivity index (χ0v) is 12.4. The zero-order chi connectivity index (χ0) is 13.5. The average Bonchev–Trinajstić information content (AvgIpc) is 2.95. The molecule has 1 spiro atoms. The van der Waals surface area contributed by atoms with Crippen LogP contribution in [0.25, 0.3) is 0 Å². The highest BCUT2D eigenvalue weighted by atomic mass is 32.1. The predicted molar refractivity (Wildman–Crippen MR) is 73.8 cm³/mol. The molecule has 1 atom stereocenters. The van der Waals surface area contributed by atoms with Crippen molar-refractivity contribution in [2.75, 3.05) is 26.7 Å². The number of likely N-dealkylation sites (tertiary alicyclic amines) is 2. The molecule has 0 N–H and O–H groups in total. The van der Waals surface area contributed by atoms with Gasteiger partial charge in [-0.1, -0.05) is 0 Å². The van der Waals surface area contributed by atoms with Crippen molar-refractivity contribution >= 4 is 17.2 Å². The molecule has 2 saturated heterocycles. The Morgan fingerprint density at radius 2 is 2.16 bits per heavy atom. The second kappa shape index (κ2) is 4.83. The van der Waals surface area contributed by atoms with Crippen molar-refractivity contribution in [2.24, 2.45) is 5.41 Å². The van der Waals surface area contributed by atoms with Gasteiger partial charge in [0.25, 0.3) is 0 Å². The van der Waals surface area contributed by atoms with Crippen LogP contribution in [0.4, 0.5) is 0 Å². The fourth-order valence-corrected chi connectivity index (χ4v) is 4.08. The summed E-state index contributed by atoms with van der Waals surface area (Å²) in [6.45, 7) is 5.61. The minimum absolute atomic E-state index is 0.118. The van der Waals surface area contributed by atoms with Crippen molar-refractivity contribution in [1.29, 1.82) is 0 Å². The van der Waals surface area contributed by atoms with Crippen LogP contribution >= 0.6 is 11.3 Å². The van der Waals surface area contributed by atoms with Gasteiger partial charge in [-0.15, -0.1) is 21.5 Å². The standard InChI is InChI=1S/C13H20N4OS/c1-10-14-15-11(19-10)8-17-7-5-13(9-17)4-3-6-16(2)12(13)18/h3-9H2,1-2H3/t13-/m0/s1. The maximum absolute atomic E-state index is 12.4. The first-order valence-corrected chi connectivity index (χ1v) is 7.68. The molecular weight excluding hydrogens is 260 g/mol. The summed E-state index contributed by atoms with van der Waals surface area (Å²) in [5.74, 6) is 0.342. The van der Waals surface area contributed by atoms with Crippen LogP contribution in [0.3, 0.4) is 0 Å². The monoisotopic (exact) mass is 280 g/mol. The Labute approximate surface area is 117 Å². The maximum atomic E-state index is 12.4. The number of carbonyl (C=O) groups excluding carboxylic acids is 1. The summed E-state index contributed by atoms with van der Waals surface area (Å²) in [7, 11) is 1.93. The van der Waals surface area contributed by atoms with Crippen LogP contribution in [0.5, 0.6) is 0 Å². The predicted octanol–water partition coefficient (Wildman–Crippen LogP) is 1.29. The lowest BCUT2D eigenvalue weighted by molar-refractivity contribution is -0.143. The fraction of sp³-hybridized carbons (Fsp3) is 0.769. The van der Waals surface area contributed by atoms with E-state index in [0.29, 0.717) is 5.91 Å². The van der Waals surface area contributed by atoms with E-state index in [-0.39, 0.29) is 5.41 Å². The molecule has 1 aromatic rings.